The summed E-state index contributed by atoms with van der Waals surface area (Å²) in [6.45, 7) is 11.5. The Morgan fingerprint density at radius 2 is 1.37 bits per heavy atom. The first-order valence-electron chi connectivity index (χ1n) is 12.1. The average molecular weight is 534 g/mol. The molecule has 1 aliphatic heterocycles. The van der Waals surface area contributed by atoms with Gasteiger partial charge >= 0.3 is 23.9 Å². The van der Waals surface area contributed by atoms with Crippen molar-refractivity contribution in [1.82, 2.24) is 15.0 Å². The predicted octanol–water partition coefficient (Wildman–Crippen LogP) is 2.77. The molecule has 1 aliphatic rings. The van der Waals surface area contributed by atoms with Gasteiger partial charge in [-0.05, 0) is 51.2 Å². The number of carbonyl (C=O) groups is 4. The van der Waals surface area contributed by atoms with Crippen LogP contribution in [0, 0.1) is 0 Å². The summed E-state index contributed by atoms with van der Waals surface area (Å²) in [5.41, 5.74) is 2.08. The van der Waals surface area contributed by atoms with E-state index in [9.17, 15) is 19.2 Å². The highest BCUT2D eigenvalue weighted by Gasteiger charge is 2.24. The van der Waals surface area contributed by atoms with Crippen LogP contribution >= 0.6 is 0 Å². The fourth-order valence-corrected chi connectivity index (χ4v) is 3.74. The number of hydrogen-bond acceptors (Lipinski definition) is 8. The standard InChI is InChI=1S/C18H27N3O.2C4H4O4/c1-3-20(4-2)13-14-21-11-9-15(10-12-21)18-16-7-5-6-8-17(16)22-19-18;2*5-3(6)1-2-4(7)8/h5-8,15H,3-4,9-14H2,1-2H3;2*1-2H,(H,5,6)(H,7,8). The number of likely N-dealkylation sites (tertiary alicyclic amines) is 1. The third kappa shape index (κ3) is 12.8. The third-order valence-electron chi connectivity index (χ3n) is 5.74. The van der Waals surface area contributed by atoms with Crippen LogP contribution in [0.15, 0.2) is 53.1 Å². The summed E-state index contributed by atoms with van der Waals surface area (Å²) in [6.07, 6.45) is 4.61. The van der Waals surface area contributed by atoms with Gasteiger partial charge in [-0.3, -0.25) is 0 Å². The van der Waals surface area contributed by atoms with Gasteiger partial charge in [0.05, 0.1) is 5.69 Å². The number of aliphatic carboxylic acids is 4. The maximum absolute atomic E-state index is 9.55. The molecular formula is C26H35N3O9. The number of nitrogens with zero attached hydrogens (tertiary/aromatic N) is 3. The fraction of sp³-hybridized carbons (Fsp3) is 0.423. The molecule has 38 heavy (non-hydrogen) atoms. The van der Waals surface area contributed by atoms with Crippen molar-refractivity contribution < 1.29 is 44.1 Å². The molecule has 208 valence electrons. The second kappa shape index (κ2) is 17.4. The number of carboxylic acid groups (broad SMARTS) is 4. The molecule has 0 saturated carbocycles. The van der Waals surface area contributed by atoms with E-state index in [1.807, 2.05) is 12.1 Å². The first-order chi connectivity index (χ1) is 18.1. The van der Waals surface area contributed by atoms with E-state index in [0.717, 1.165) is 18.7 Å². The lowest BCUT2D eigenvalue weighted by Gasteiger charge is -2.32. The van der Waals surface area contributed by atoms with Crippen molar-refractivity contribution >= 4 is 34.8 Å². The second-order valence-electron chi connectivity index (χ2n) is 8.23. The number of para-hydroxylation sites is 1. The minimum atomic E-state index is -1.26. The third-order valence-corrected chi connectivity index (χ3v) is 5.74. The molecule has 3 rings (SSSR count). The number of benzene rings is 1. The van der Waals surface area contributed by atoms with Crippen LogP contribution in [-0.4, -0.2) is 98.5 Å². The topological polar surface area (TPSA) is 182 Å². The minimum absolute atomic E-state index is 0.549. The molecule has 0 bridgehead atoms. The van der Waals surface area contributed by atoms with Gasteiger partial charge < -0.3 is 34.7 Å². The zero-order valence-corrected chi connectivity index (χ0v) is 21.5. The van der Waals surface area contributed by atoms with E-state index < -0.39 is 23.9 Å². The Balaban J connectivity index is 0.000000374. The fourth-order valence-electron chi connectivity index (χ4n) is 3.74. The lowest BCUT2D eigenvalue weighted by molar-refractivity contribution is -0.134. The highest BCUT2D eigenvalue weighted by Crippen LogP contribution is 2.32. The molecule has 0 atom stereocenters. The molecule has 1 saturated heterocycles. The molecular weight excluding hydrogens is 498 g/mol. The molecule has 0 aliphatic carbocycles. The van der Waals surface area contributed by atoms with E-state index >= 15 is 0 Å². The normalized spacial score (nSPS) is 14.2. The van der Waals surface area contributed by atoms with Gasteiger partial charge in [0, 0.05) is 48.7 Å². The molecule has 1 fully saturated rings. The molecule has 1 aromatic carbocycles. The molecule has 1 aromatic heterocycles. The van der Waals surface area contributed by atoms with Crippen molar-refractivity contribution in [2.45, 2.75) is 32.6 Å². The Kier molecular flexibility index (Phi) is 14.7. The molecule has 0 unspecified atom stereocenters. The zero-order chi connectivity index (χ0) is 28.5. The second-order valence-corrected chi connectivity index (χ2v) is 8.23. The molecule has 0 radical (unpaired) electrons. The van der Waals surface area contributed by atoms with Gasteiger partial charge in [0.25, 0.3) is 0 Å². The van der Waals surface area contributed by atoms with Gasteiger partial charge in [0.15, 0.2) is 5.58 Å². The molecule has 2 aromatic rings. The number of fused-ring (bicyclic) bond motifs is 1. The van der Waals surface area contributed by atoms with Crippen LogP contribution in [-0.2, 0) is 19.2 Å². The summed E-state index contributed by atoms with van der Waals surface area (Å²) < 4.78 is 5.47. The van der Waals surface area contributed by atoms with Crippen LogP contribution in [0.4, 0.5) is 0 Å². The number of piperidine rings is 1. The van der Waals surface area contributed by atoms with Crippen LogP contribution in [0.1, 0.15) is 38.3 Å². The highest BCUT2D eigenvalue weighted by atomic mass is 16.5. The van der Waals surface area contributed by atoms with Crippen molar-refractivity contribution in [2.24, 2.45) is 0 Å². The van der Waals surface area contributed by atoms with Gasteiger partial charge in [-0.25, -0.2) is 19.2 Å². The molecule has 4 N–H and O–H groups in total. The summed E-state index contributed by atoms with van der Waals surface area (Å²) in [4.78, 5) is 43.3. The van der Waals surface area contributed by atoms with E-state index in [1.165, 1.54) is 50.1 Å². The smallest absolute Gasteiger partial charge is 0.328 e. The SMILES string of the molecule is CCN(CC)CCN1CCC(c2noc3ccccc23)CC1.O=C(O)C=CC(=O)O.O=C(O)C=CC(=O)O. The lowest BCUT2D eigenvalue weighted by Crippen LogP contribution is -2.39. The van der Waals surface area contributed by atoms with Gasteiger partial charge in [-0.2, -0.15) is 0 Å². The van der Waals surface area contributed by atoms with E-state index in [4.69, 9.17) is 24.9 Å². The van der Waals surface area contributed by atoms with Crippen molar-refractivity contribution in [2.75, 3.05) is 39.3 Å². The van der Waals surface area contributed by atoms with E-state index in [2.05, 4.69) is 40.9 Å². The van der Waals surface area contributed by atoms with Crippen LogP contribution in [0.5, 0.6) is 0 Å². The van der Waals surface area contributed by atoms with Gasteiger partial charge in [0.2, 0.25) is 0 Å². The van der Waals surface area contributed by atoms with Crippen LogP contribution in [0.3, 0.4) is 0 Å². The first-order valence-corrected chi connectivity index (χ1v) is 12.1. The summed E-state index contributed by atoms with van der Waals surface area (Å²) >= 11 is 0. The summed E-state index contributed by atoms with van der Waals surface area (Å²) in [5, 5.41) is 36.8. The molecule has 2 heterocycles. The number of hydrogen-bond donors (Lipinski definition) is 4. The van der Waals surface area contributed by atoms with Crippen molar-refractivity contribution in [3.8, 4) is 0 Å². The first kappa shape index (κ1) is 32.0. The maximum atomic E-state index is 9.55. The molecule has 12 nitrogen and oxygen atoms in total. The molecule has 0 spiro atoms. The van der Waals surface area contributed by atoms with E-state index in [0.29, 0.717) is 30.2 Å². The van der Waals surface area contributed by atoms with Crippen LogP contribution in [0.25, 0.3) is 11.0 Å². The van der Waals surface area contributed by atoms with Crippen LogP contribution < -0.4 is 0 Å². The van der Waals surface area contributed by atoms with Crippen molar-refractivity contribution in [3.05, 3.63) is 54.3 Å². The lowest BCUT2D eigenvalue weighted by atomic mass is 9.91. The summed E-state index contributed by atoms with van der Waals surface area (Å²) in [7, 11) is 0. The van der Waals surface area contributed by atoms with Crippen molar-refractivity contribution in [1.29, 1.82) is 0 Å². The van der Waals surface area contributed by atoms with Crippen LogP contribution in [0.2, 0.25) is 0 Å². The summed E-state index contributed by atoms with van der Waals surface area (Å²) in [6, 6.07) is 8.22. The largest absolute Gasteiger partial charge is 0.478 e. The minimum Gasteiger partial charge on any atom is -0.478 e. The molecule has 12 heteroatoms. The van der Waals surface area contributed by atoms with Gasteiger partial charge in [-0.1, -0.05) is 31.1 Å². The number of rotatable bonds is 10. The van der Waals surface area contributed by atoms with Gasteiger partial charge in [0.1, 0.15) is 0 Å². The average Bonchev–Trinajstić information content (AvgIpc) is 3.32. The Hall–Kier alpha value is -4.03. The predicted molar refractivity (Wildman–Crippen MR) is 139 cm³/mol. The Morgan fingerprint density at radius 1 is 0.895 bits per heavy atom. The quantitative estimate of drug-likeness (QED) is 0.328. The maximum Gasteiger partial charge on any atom is 0.328 e. The monoisotopic (exact) mass is 533 g/mol. The Morgan fingerprint density at radius 3 is 1.82 bits per heavy atom. The summed E-state index contributed by atoms with van der Waals surface area (Å²) in [5.74, 6) is -4.48. The van der Waals surface area contributed by atoms with Crippen molar-refractivity contribution in [3.63, 3.8) is 0 Å². The number of likely N-dealkylation sites (N-methyl/N-ethyl adjacent to an activating group) is 1. The number of carboxylic acids is 4. The Labute approximate surface area is 220 Å². The van der Waals surface area contributed by atoms with Gasteiger partial charge in [-0.15, -0.1) is 0 Å². The van der Waals surface area contributed by atoms with E-state index in [1.54, 1.807) is 0 Å². The van der Waals surface area contributed by atoms with E-state index in [-0.39, 0.29) is 0 Å². The highest BCUT2D eigenvalue weighted by molar-refractivity contribution is 5.90. The zero-order valence-electron chi connectivity index (χ0n) is 21.5. The molecule has 0 amide bonds. The number of aromatic nitrogens is 1. The Bertz CT molecular complexity index is 1030.